The molecule has 1 N–H and O–H groups in total. The number of nitrogens with zero attached hydrogens (tertiary/aromatic N) is 6. The minimum absolute atomic E-state index is 0. The molecular weight excluding hydrogens is 650 g/mol. The molecule has 5 rings (SSSR count). The number of tetrazole rings is 1. The quantitative estimate of drug-likeness (QED) is 0.196. The number of carboxylic acids is 1. The molecule has 0 aliphatic heterocycles. The first kappa shape index (κ1) is 36.3. The van der Waals surface area contributed by atoms with E-state index in [1.54, 1.807) is 4.90 Å². The van der Waals surface area contributed by atoms with Gasteiger partial charge in [0, 0.05) is 31.9 Å². The third-order valence-corrected chi connectivity index (χ3v) is 9.28. The van der Waals surface area contributed by atoms with Crippen molar-refractivity contribution in [1.82, 2.24) is 20.2 Å². The summed E-state index contributed by atoms with van der Waals surface area (Å²) in [4.78, 5) is 16.6. The maximum atomic E-state index is 13.7. The van der Waals surface area contributed by atoms with Gasteiger partial charge >= 0.3 is 18.3 Å². The summed E-state index contributed by atoms with van der Waals surface area (Å²) >= 11 is 0. The number of hydrogen-bond donors (Lipinski definition) is 1. The lowest BCUT2D eigenvalue weighted by Gasteiger charge is -2.34. The molecule has 2 aliphatic rings. The van der Waals surface area contributed by atoms with E-state index in [1.807, 2.05) is 6.92 Å². The van der Waals surface area contributed by atoms with Crippen molar-refractivity contribution >= 4 is 30.0 Å². The number of aliphatic carboxylic acids is 1. The first-order valence-electron chi connectivity index (χ1n) is 15.5. The molecule has 1 saturated carbocycles. The Morgan fingerprint density at radius 1 is 0.915 bits per heavy atom. The van der Waals surface area contributed by atoms with Gasteiger partial charge in [0.1, 0.15) is 0 Å². The third-order valence-electron chi connectivity index (χ3n) is 9.28. The van der Waals surface area contributed by atoms with Crippen molar-refractivity contribution in [2.45, 2.75) is 90.2 Å². The number of carbonyl (C=O) groups is 1. The number of fused-ring (bicyclic) bond motifs is 1. The predicted octanol–water partition coefficient (Wildman–Crippen LogP) is 7.62. The van der Waals surface area contributed by atoms with Crippen LogP contribution in [0.3, 0.4) is 0 Å². The average molecular weight is 689 g/mol. The van der Waals surface area contributed by atoms with Gasteiger partial charge in [0.25, 0.3) is 5.95 Å². The molecular formula is C32H39ClF6N6O2. The number of aromatic nitrogens is 4. The molecule has 0 amide bonds. The van der Waals surface area contributed by atoms with Crippen molar-refractivity contribution in [3.8, 4) is 0 Å². The Bertz CT molecular complexity index is 1520. The zero-order chi connectivity index (χ0) is 33.3. The molecule has 0 spiro atoms. The van der Waals surface area contributed by atoms with Crippen LogP contribution in [0.2, 0.25) is 0 Å². The normalized spacial score (nSPS) is 15.7. The maximum Gasteiger partial charge on any atom is 0.416 e. The van der Waals surface area contributed by atoms with E-state index in [4.69, 9.17) is 0 Å². The van der Waals surface area contributed by atoms with Gasteiger partial charge in [-0.3, -0.25) is 4.79 Å². The van der Waals surface area contributed by atoms with E-state index in [0.29, 0.717) is 19.5 Å². The van der Waals surface area contributed by atoms with E-state index in [2.05, 4.69) is 32.4 Å². The molecule has 15 heteroatoms. The van der Waals surface area contributed by atoms with Gasteiger partial charge < -0.3 is 14.9 Å². The van der Waals surface area contributed by atoms with Gasteiger partial charge in [0.2, 0.25) is 0 Å². The summed E-state index contributed by atoms with van der Waals surface area (Å²) in [6, 6.07) is 5.77. The van der Waals surface area contributed by atoms with E-state index < -0.39 is 29.4 Å². The minimum Gasteiger partial charge on any atom is -0.481 e. The topological polar surface area (TPSA) is 87.4 Å². The zero-order valence-corrected chi connectivity index (χ0v) is 27.1. The fourth-order valence-corrected chi connectivity index (χ4v) is 7.00. The SMILES string of the molecule is CCN(CCC1(CC(=O)O)CCCC1)c1cc2c(cc1CN(Cc1cc(C(F)(F)F)cc(C(F)(F)F)c1)c1nnn(C)n1)CCC2.Cl. The molecule has 0 radical (unpaired) electrons. The minimum atomic E-state index is -4.97. The van der Waals surface area contributed by atoms with Crippen LogP contribution in [-0.4, -0.2) is 44.4 Å². The zero-order valence-electron chi connectivity index (χ0n) is 26.3. The van der Waals surface area contributed by atoms with E-state index >= 15 is 0 Å². The van der Waals surface area contributed by atoms with Crippen LogP contribution >= 0.6 is 12.4 Å². The van der Waals surface area contributed by atoms with E-state index in [-0.39, 0.29) is 54.9 Å². The second-order valence-corrected chi connectivity index (χ2v) is 12.6. The Hall–Kier alpha value is -3.55. The second kappa shape index (κ2) is 14.3. The monoisotopic (exact) mass is 688 g/mol. The predicted molar refractivity (Wildman–Crippen MR) is 167 cm³/mol. The van der Waals surface area contributed by atoms with E-state index in [0.717, 1.165) is 73.9 Å². The maximum absolute atomic E-state index is 13.7. The molecule has 8 nitrogen and oxygen atoms in total. The van der Waals surface area contributed by atoms with Crippen molar-refractivity contribution in [3.63, 3.8) is 0 Å². The number of alkyl halides is 6. The van der Waals surface area contributed by atoms with Crippen molar-refractivity contribution in [1.29, 1.82) is 0 Å². The standard InChI is InChI=1S/C32H38F6N6O2.ClH/c1-3-43(12-11-30(18-28(45)46)9-4-5-10-30)27-16-23-8-6-7-22(23)15-24(27)20-44(29-39-41-42(2)40-29)19-21-13-25(31(33,34)35)17-26(14-21)32(36,37)38;/h13-17H,3-12,18-20H2,1-2H3,(H,45,46);1H. The lowest BCUT2D eigenvalue weighted by Crippen LogP contribution is -2.32. The summed E-state index contributed by atoms with van der Waals surface area (Å²) in [6.07, 6.45) is -2.68. The van der Waals surface area contributed by atoms with Gasteiger partial charge in [-0.1, -0.05) is 24.0 Å². The highest BCUT2D eigenvalue weighted by molar-refractivity contribution is 5.85. The number of rotatable bonds is 12. The van der Waals surface area contributed by atoms with Gasteiger partial charge in [-0.15, -0.1) is 17.5 Å². The van der Waals surface area contributed by atoms with Crippen LogP contribution in [0.5, 0.6) is 0 Å². The Labute approximate surface area is 275 Å². The number of aryl methyl sites for hydroxylation is 3. The molecule has 2 aromatic carbocycles. The molecule has 0 bridgehead atoms. The summed E-state index contributed by atoms with van der Waals surface area (Å²) in [5, 5.41) is 21.8. The van der Waals surface area contributed by atoms with Gasteiger partial charge in [-0.2, -0.15) is 31.1 Å². The molecule has 3 aromatic rings. The first-order chi connectivity index (χ1) is 21.7. The second-order valence-electron chi connectivity index (χ2n) is 12.6. The van der Waals surface area contributed by atoms with E-state index in [9.17, 15) is 36.2 Å². The third kappa shape index (κ3) is 8.68. The highest BCUT2D eigenvalue weighted by atomic mass is 35.5. The van der Waals surface area contributed by atoms with Crippen LogP contribution in [0, 0.1) is 5.41 Å². The molecule has 0 atom stereocenters. The highest BCUT2D eigenvalue weighted by Gasteiger charge is 2.38. The van der Waals surface area contributed by atoms with Crippen LogP contribution in [-0.2, 0) is 50.1 Å². The van der Waals surface area contributed by atoms with Gasteiger partial charge in [0.05, 0.1) is 24.6 Å². The van der Waals surface area contributed by atoms with Crippen molar-refractivity contribution in [3.05, 3.63) is 63.7 Å². The fourth-order valence-electron chi connectivity index (χ4n) is 7.00. The largest absolute Gasteiger partial charge is 0.481 e. The number of carboxylic acid groups (broad SMARTS) is 1. The summed E-state index contributed by atoms with van der Waals surface area (Å²) in [7, 11) is 1.52. The van der Waals surface area contributed by atoms with Crippen LogP contribution in [0.15, 0.2) is 30.3 Å². The lowest BCUT2D eigenvalue weighted by molar-refractivity contribution is -0.143. The Balaban J connectivity index is 0.00000500. The molecule has 0 saturated heterocycles. The average Bonchev–Trinajstić information content (AvgIpc) is 3.73. The van der Waals surface area contributed by atoms with Gasteiger partial charge in [0.15, 0.2) is 0 Å². The Morgan fingerprint density at radius 3 is 2.06 bits per heavy atom. The highest BCUT2D eigenvalue weighted by Crippen LogP contribution is 2.45. The molecule has 1 fully saturated rings. The van der Waals surface area contributed by atoms with Crippen LogP contribution in [0.1, 0.15) is 85.3 Å². The van der Waals surface area contributed by atoms with Gasteiger partial charge in [-0.05, 0) is 103 Å². The number of hydrogen-bond acceptors (Lipinski definition) is 6. The summed E-state index contributed by atoms with van der Waals surface area (Å²) in [5.41, 5.74) is 0.849. The smallest absolute Gasteiger partial charge is 0.416 e. The van der Waals surface area contributed by atoms with Crippen LogP contribution in [0.25, 0.3) is 0 Å². The number of benzene rings is 2. The van der Waals surface area contributed by atoms with Gasteiger partial charge in [-0.25, -0.2) is 0 Å². The van der Waals surface area contributed by atoms with Crippen molar-refractivity contribution < 1.29 is 36.2 Å². The number of anilines is 2. The van der Waals surface area contributed by atoms with Crippen molar-refractivity contribution in [2.75, 3.05) is 22.9 Å². The summed E-state index contributed by atoms with van der Waals surface area (Å²) in [5.74, 6) is -0.743. The Kier molecular flexibility index (Phi) is 11.0. The molecule has 1 heterocycles. The molecule has 1 aromatic heterocycles. The first-order valence-corrected chi connectivity index (χ1v) is 15.5. The van der Waals surface area contributed by atoms with E-state index in [1.165, 1.54) is 17.4 Å². The van der Waals surface area contributed by atoms with Crippen LogP contribution < -0.4 is 9.80 Å². The molecule has 0 unspecified atom stereocenters. The Morgan fingerprint density at radius 2 is 1.53 bits per heavy atom. The molecule has 47 heavy (non-hydrogen) atoms. The number of halogens is 7. The van der Waals surface area contributed by atoms with Crippen LogP contribution in [0.4, 0.5) is 38.0 Å². The molecule has 2 aliphatic carbocycles. The molecule has 258 valence electrons. The summed E-state index contributed by atoms with van der Waals surface area (Å²) in [6.45, 7) is 3.02. The fraction of sp³-hybridized carbons (Fsp3) is 0.562. The lowest BCUT2D eigenvalue weighted by atomic mass is 9.79. The van der Waals surface area contributed by atoms with Crippen molar-refractivity contribution in [2.24, 2.45) is 12.5 Å². The summed E-state index contributed by atoms with van der Waals surface area (Å²) < 4.78 is 82.1.